The second kappa shape index (κ2) is 4.85. The summed E-state index contributed by atoms with van der Waals surface area (Å²) >= 11 is 0. The molecule has 0 aliphatic rings. The van der Waals surface area contributed by atoms with Crippen LogP contribution in [-0.4, -0.2) is 5.11 Å². The molecule has 18 heavy (non-hydrogen) atoms. The summed E-state index contributed by atoms with van der Waals surface area (Å²) in [6.45, 7) is 6.33. The van der Waals surface area contributed by atoms with E-state index in [0.29, 0.717) is 5.75 Å². The third-order valence-electron chi connectivity index (χ3n) is 3.12. The van der Waals surface area contributed by atoms with Crippen molar-refractivity contribution < 1.29 is 5.11 Å². The van der Waals surface area contributed by atoms with Gasteiger partial charge in [0.15, 0.2) is 0 Å². The highest BCUT2D eigenvalue weighted by molar-refractivity contribution is 5.42. The first-order chi connectivity index (χ1) is 8.47. The van der Waals surface area contributed by atoms with Gasteiger partial charge in [0.2, 0.25) is 0 Å². The van der Waals surface area contributed by atoms with Gasteiger partial charge in [0.05, 0.1) is 0 Å². The SMILES string of the molecule is CC(C)(C)c1ccc(Cc2ccccc2)cc1O. The number of rotatable bonds is 2. The quantitative estimate of drug-likeness (QED) is 0.830. The van der Waals surface area contributed by atoms with Crippen LogP contribution in [0.1, 0.15) is 37.5 Å². The van der Waals surface area contributed by atoms with E-state index >= 15 is 0 Å². The average molecular weight is 240 g/mol. The van der Waals surface area contributed by atoms with Crippen molar-refractivity contribution in [2.45, 2.75) is 32.6 Å². The van der Waals surface area contributed by atoms with Gasteiger partial charge in [0, 0.05) is 0 Å². The summed E-state index contributed by atoms with van der Waals surface area (Å²) in [7, 11) is 0. The summed E-state index contributed by atoms with van der Waals surface area (Å²) in [5.41, 5.74) is 3.39. The lowest BCUT2D eigenvalue weighted by atomic mass is 9.85. The average Bonchev–Trinajstić information content (AvgIpc) is 2.28. The van der Waals surface area contributed by atoms with E-state index in [1.54, 1.807) is 0 Å². The van der Waals surface area contributed by atoms with E-state index in [9.17, 15) is 5.11 Å². The zero-order chi connectivity index (χ0) is 13.2. The summed E-state index contributed by atoms with van der Waals surface area (Å²) in [6.07, 6.45) is 0.860. The van der Waals surface area contributed by atoms with Crippen molar-refractivity contribution in [1.82, 2.24) is 0 Å². The van der Waals surface area contributed by atoms with Crippen LogP contribution in [0.25, 0.3) is 0 Å². The molecule has 2 aromatic rings. The summed E-state index contributed by atoms with van der Waals surface area (Å²) in [4.78, 5) is 0. The zero-order valence-corrected chi connectivity index (χ0v) is 11.3. The summed E-state index contributed by atoms with van der Waals surface area (Å²) in [5, 5.41) is 10.1. The molecule has 0 aliphatic heterocycles. The Kier molecular flexibility index (Phi) is 3.42. The molecule has 0 fully saturated rings. The molecular weight excluding hydrogens is 220 g/mol. The Balaban J connectivity index is 2.25. The molecule has 2 rings (SSSR count). The molecule has 1 heteroatoms. The van der Waals surface area contributed by atoms with Crippen molar-refractivity contribution in [2.24, 2.45) is 0 Å². The van der Waals surface area contributed by atoms with Crippen LogP contribution in [0, 0.1) is 0 Å². The van der Waals surface area contributed by atoms with Crippen LogP contribution >= 0.6 is 0 Å². The fourth-order valence-corrected chi connectivity index (χ4v) is 2.15. The lowest BCUT2D eigenvalue weighted by Gasteiger charge is -2.20. The van der Waals surface area contributed by atoms with Crippen LogP contribution in [-0.2, 0) is 11.8 Å². The van der Waals surface area contributed by atoms with Gasteiger partial charge >= 0.3 is 0 Å². The third kappa shape index (κ3) is 2.92. The Morgan fingerprint density at radius 3 is 2.11 bits per heavy atom. The van der Waals surface area contributed by atoms with Gasteiger partial charge in [-0.15, -0.1) is 0 Å². The molecule has 0 radical (unpaired) electrons. The van der Waals surface area contributed by atoms with Gasteiger partial charge in [0.1, 0.15) is 5.75 Å². The first-order valence-corrected chi connectivity index (χ1v) is 6.33. The molecule has 2 aromatic carbocycles. The normalized spacial score (nSPS) is 11.5. The minimum Gasteiger partial charge on any atom is -0.508 e. The molecule has 0 aliphatic carbocycles. The minimum absolute atomic E-state index is 0.0185. The number of aromatic hydroxyl groups is 1. The molecule has 0 heterocycles. The monoisotopic (exact) mass is 240 g/mol. The van der Waals surface area contributed by atoms with Crippen molar-refractivity contribution in [3.05, 3.63) is 65.2 Å². The van der Waals surface area contributed by atoms with Gasteiger partial charge < -0.3 is 5.11 Å². The van der Waals surface area contributed by atoms with Crippen LogP contribution in [0.5, 0.6) is 5.75 Å². The fourth-order valence-electron chi connectivity index (χ4n) is 2.15. The Bertz CT molecular complexity index is 521. The molecule has 1 N–H and O–H groups in total. The van der Waals surface area contributed by atoms with Crippen LogP contribution in [0.2, 0.25) is 0 Å². The highest BCUT2D eigenvalue weighted by Crippen LogP contribution is 2.31. The Morgan fingerprint density at radius 1 is 0.889 bits per heavy atom. The molecule has 0 spiro atoms. The van der Waals surface area contributed by atoms with Crippen molar-refractivity contribution in [3.63, 3.8) is 0 Å². The van der Waals surface area contributed by atoms with E-state index in [0.717, 1.165) is 17.5 Å². The molecule has 1 nitrogen and oxygen atoms in total. The Labute approximate surface area is 109 Å². The first kappa shape index (κ1) is 12.7. The molecule has 0 bridgehead atoms. The van der Waals surface area contributed by atoms with Gasteiger partial charge in [-0.05, 0) is 34.6 Å². The second-order valence-corrected chi connectivity index (χ2v) is 5.76. The summed E-state index contributed by atoms with van der Waals surface area (Å²) in [6, 6.07) is 16.3. The van der Waals surface area contributed by atoms with Crippen molar-refractivity contribution >= 4 is 0 Å². The van der Waals surface area contributed by atoms with Gasteiger partial charge in [-0.1, -0.05) is 63.2 Å². The maximum atomic E-state index is 10.1. The summed E-state index contributed by atoms with van der Waals surface area (Å²) < 4.78 is 0. The number of hydrogen-bond acceptors (Lipinski definition) is 1. The smallest absolute Gasteiger partial charge is 0.119 e. The van der Waals surface area contributed by atoms with E-state index in [4.69, 9.17) is 0 Å². The fraction of sp³-hybridized carbons (Fsp3) is 0.294. The van der Waals surface area contributed by atoms with Gasteiger partial charge in [-0.25, -0.2) is 0 Å². The lowest BCUT2D eigenvalue weighted by Crippen LogP contribution is -2.11. The van der Waals surface area contributed by atoms with Crippen molar-refractivity contribution in [3.8, 4) is 5.75 Å². The van der Waals surface area contributed by atoms with Crippen molar-refractivity contribution in [2.75, 3.05) is 0 Å². The summed E-state index contributed by atoms with van der Waals surface area (Å²) in [5.74, 6) is 0.399. The molecule has 0 amide bonds. The molecular formula is C17H20O. The van der Waals surface area contributed by atoms with Crippen molar-refractivity contribution in [1.29, 1.82) is 0 Å². The molecule has 0 atom stereocenters. The number of phenols is 1. The number of phenolic OH excluding ortho intramolecular Hbond substituents is 1. The van der Waals surface area contributed by atoms with E-state index in [-0.39, 0.29) is 5.41 Å². The van der Waals surface area contributed by atoms with Crippen LogP contribution in [0.4, 0.5) is 0 Å². The molecule has 94 valence electrons. The van der Waals surface area contributed by atoms with Crippen LogP contribution in [0.15, 0.2) is 48.5 Å². The topological polar surface area (TPSA) is 20.2 Å². The highest BCUT2D eigenvalue weighted by Gasteiger charge is 2.17. The van der Waals surface area contributed by atoms with Gasteiger partial charge in [-0.3, -0.25) is 0 Å². The second-order valence-electron chi connectivity index (χ2n) is 5.76. The van der Waals surface area contributed by atoms with Crippen LogP contribution in [0.3, 0.4) is 0 Å². The predicted molar refractivity (Wildman–Crippen MR) is 76.1 cm³/mol. The van der Waals surface area contributed by atoms with E-state index in [2.05, 4.69) is 39.0 Å². The standard InChI is InChI=1S/C17H20O/c1-17(2,3)15-10-9-14(12-16(15)18)11-13-7-5-4-6-8-13/h4-10,12,18H,11H2,1-3H3. The zero-order valence-electron chi connectivity index (χ0n) is 11.3. The van der Waals surface area contributed by atoms with Gasteiger partial charge in [-0.2, -0.15) is 0 Å². The first-order valence-electron chi connectivity index (χ1n) is 6.33. The molecule has 0 unspecified atom stereocenters. The Hall–Kier alpha value is -1.76. The largest absolute Gasteiger partial charge is 0.508 e. The Morgan fingerprint density at radius 2 is 1.56 bits per heavy atom. The van der Waals surface area contributed by atoms with Gasteiger partial charge in [0.25, 0.3) is 0 Å². The molecule has 0 aromatic heterocycles. The lowest BCUT2D eigenvalue weighted by molar-refractivity contribution is 0.446. The molecule has 0 saturated carbocycles. The molecule has 0 saturated heterocycles. The minimum atomic E-state index is -0.0185. The third-order valence-corrected chi connectivity index (χ3v) is 3.12. The maximum absolute atomic E-state index is 10.1. The maximum Gasteiger partial charge on any atom is 0.119 e. The predicted octanol–water partition coefficient (Wildman–Crippen LogP) is 4.28. The van der Waals surface area contributed by atoms with E-state index in [1.807, 2.05) is 30.3 Å². The number of benzene rings is 2. The highest BCUT2D eigenvalue weighted by atomic mass is 16.3. The van der Waals surface area contributed by atoms with E-state index in [1.165, 1.54) is 5.56 Å². The van der Waals surface area contributed by atoms with E-state index < -0.39 is 0 Å². The van der Waals surface area contributed by atoms with Crippen LogP contribution < -0.4 is 0 Å². The number of hydrogen-bond donors (Lipinski definition) is 1.